The number of aliphatic hydroxyl groups is 2. The van der Waals surface area contributed by atoms with E-state index in [9.17, 15) is 15.0 Å². The quantitative estimate of drug-likeness (QED) is 0.709. The largest absolute Gasteiger partial charge is 0.393 e. The van der Waals surface area contributed by atoms with Gasteiger partial charge in [0, 0.05) is 5.41 Å². The fourth-order valence-corrected chi connectivity index (χ4v) is 7.73. The molecule has 0 amide bonds. The molecule has 3 nitrogen and oxygen atoms in total. The number of carbonyl (C=O) groups excluding carboxylic acids is 1. The number of fused-ring (bicyclic) bond motifs is 5. The molecule has 8 atom stereocenters. The number of aliphatic hydroxyl groups excluding tert-OH is 1. The van der Waals surface area contributed by atoms with Crippen molar-refractivity contribution >= 4 is 5.78 Å². The summed E-state index contributed by atoms with van der Waals surface area (Å²) in [6.07, 6.45) is 9.15. The summed E-state index contributed by atoms with van der Waals surface area (Å²) in [5.41, 5.74) is 0.249. The van der Waals surface area contributed by atoms with Crippen LogP contribution in [0.2, 0.25) is 0 Å². The van der Waals surface area contributed by atoms with Crippen molar-refractivity contribution in [3.05, 3.63) is 11.6 Å². The minimum absolute atomic E-state index is 0.0394. The fraction of sp³-hybridized carbons (Fsp3) is 0.864. The molecular weight excluding hydrogens is 312 g/mol. The van der Waals surface area contributed by atoms with E-state index in [4.69, 9.17) is 0 Å². The monoisotopic (exact) mass is 346 g/mol. The Labute approximate surface area is 151 Å². The maximum atomic E-state index is 12.4. The second-order valence-electron chi connectivity index (χ2n) is 10.1. The Morgan fingerprint density at radius 2 is 1.92 bits per heavy atom. The van der Waals surface area contributed by atoms with Gasteiger partial charge in [-0.2, -0.15) is 0 Å². The topological polar surface area (TPSA) is 57.5 Å². The van der Waals surface area contributed by atoms with Crippen LogP contribution in [-0.4, -0.2) is 27.7 Å². The van der Waals surface area contributed by atoms with E-state index in [1.165, 1.54) is 5.57 Å². The van der Waals surface area contributed by atoms with Gasteiger partial charge in [-0.05, 0) is 81.0 Å². The highest BCUT2D eigenvalue weighted by Crippen LogP contribution is 2.68. The zero-order valence-electron chi connectivity index (χ0n) is 16.2. The lowest BCUT2D eigenvalue weighted by Gasteiger charge is -2.58. The number of hydrogen-bond donors (Lipinski definition) is 2. The molecular formula is C22H34O3. The van der Waals surface area contributed by atoms with Crippen LogP contribution in [0.3, 0.4) is 0 Å². The molecule has 0 aliphatic heterocycles. The average molecular weight is 347 g/mol. The summed E-state index contributed by atoms with van der Waals surface area (Å²) in [5.74, 6) is 1.64. The van der Waals surface area contributed by atoms with E-state index < -0.39 is 5.60 Å². The van der Waals surface area contributed by atoms with Crippen molar-refractivity contribution < 1.29 is 15.0 Å². The van der Waals surface area contributed by atoms with Gasteiger partial charge in [-0.1, -0.05) is 32.4 Å². The predicted molar refractivity (Wildman–Crippen MR) is 97.9 cm³/mol. The molecule has 0 spiro atoms. The van der Waals surface area contributed by atoms with Gasteiger partial charge in [-0.15, -0.1) is 0 Å². The van der Waals surface area contributed by atoms with Gasteiger partial charge < -0.3 is 10.2 Å². The first kappa shape index (κ1) is 17.7. The maximum absolute atomic E-state index is 12.4. The van der Waals surface area contributed by atoms with Crippen LogP contribution in [0, 0.1) is 34.5 Å². The molecule has 0 bridgehead atoms. The van der Waals surface area contributed by atoms with E-state index in [2.05, 4.69) is 26.8 Å². The SMILES string of the molecule is CC(=O)[C@@]1(O)[C@H](C)C[C@H]2[C@@H]3CC=C4C[C@@H](O)CC[C@]4(C)[C@H]3CC[C@@]21C. The van der Waals surface area contributed by atoms with Gasteiger partial charge in [-0.25, -0.2) is 0 Å². The molecule has 0 heterocycles. The molecule has 25 heavy (non-hydrogen) atoms. The highest BCUT2D eigenvalue weighted by atomic mass is 16.3. The third kappa shape index (κ3) is 2.09. The lowest BCUT2D eigenvalue weighted by Crippen LogP contribution is -2.58. The number of allylic oxidation sites excluding steroid dienone is 1. The molecule has 4 aliphatic rings. The molecule has 2 N–H and O–H groups in total. The minimum Gasteiger partial charge on any atom is -0.393 e. The standard InChI is InChI=1S/C22H34O3/c1-13-11-19-17-6-5-15-12-16(24)7-9-20(15,3)18(17)8-10-21(19,4)22(13,25)14(2)23/h5,13,16-19,24-25H,6-12H2,1-4H3/t13-,16+,17-,18+,19+,20+,21+,22+/m1/s1. The molecule has 0 aromatic heterocycles. The minimum atomic E-state index is -1.16. The normalized spacial score (nSPS) is 55.0. The highest BCUT2D eigenvalue weighted by Gasteiger charge is 2.67. The van der Waals surface area contributed by atoms with Crippen molar-refractivity contribution in [2.75, 3.05) is 0 Å². The summed E-state index contributed by atoms with van der Waals surface area (Å²) in [5, 5.41) is 21.5. The highest BCUT2D eigenvalue weighted by molar-refractivity contribution is 5.86. The molecule has 0 aromatic rings. The van der Waals surface area contributed by atoms with Crippen LogP contribution in [0.1, 0.15) is 72.6 Å². The summed E-state index contributed by atoms with van der Waals surface area (Å²) >= 11 is 0. The summed E-state index contributed by atoms with van der Waals surface area (Å²) in [6, 6.07) is 0. The Balaban J connectivity index is 1.72. The van der Waals surface area contributed by atoms with Gasteiger partial charge in [0.15, 0.2) is 5.78 Å². The number of ketones is 1. The third-order valence-electron chi connectivity index (χ3n) is 9.20. The van der Waals surface area contributed by atoms with Crippen molar-refractivity contribution in [2.24, 2.45) is 34.5 Å². The number of Topliss-reactive ketones (excluding diaryl/α,β-unsaturated/α-hetero) is 1. The lowest BCUT2D eigenvalue weighted by atomic mass is 9.46. The third-order valence-corrected chi connectivity index (χ3v) is 9.20. The molecule has 0 unspecified atom stereocenters. The zero-order chi connectivity index (χ0) is 18.2. The van der Waals surface area contributed by atoms with Gasteiger partial charge in [0.2, 0.25) is 0 Å². The van der Waals surface area contributed by atoms with Gasteiger partial charge in [-0.3, -0.25) is 4.79 Å². The smallest absolute Gasteiger partial charge is 0.162 e. The van der Waals surface area contributed by atoms with Crippen LogP contribution in [0.4, 0.5) is 0 Å². The van der Waals surface area contributed by atoms with E-state index in [-0.39, 0.29) is 28.6 Å². The van der Waals surface area contributed by atoms with Gasteiger partial charge >= 0.3 is 0 Å². The molecule has 4 rings (SSSR count). The van der Waals surface area contributed by atoms with Crippen LogP contribution in [0.15, 0.2) is 11.6 Å². The number of hydrogen-bond acceptors (Lipinski definition) is 3. The van der Waals surface area contributed by atoms with Crippen LogP contribution in [0.5, 0.6) is 0 Å². The van der Waals surface area contributed by atoms with E-state index >= 15 is 0 Å². The van der Waals surface area contributed by atoms with Crippen LogP contribution in [-0.2, 0) is 4.79 Å². The average Bonchev–Trinajstić information content (AvgIpc) is 2.77. The van der Waals surface area contributed by atoms with E-state index in [0.717, 1.165) is 44.9 Å². The van der Waals surface area contributed by atoms with Crippen molar-refractivity contribution in [1.82, 2.24) is 0 Å². The second-order valence-corrected chi connectivity index (χ2v) is 10.1. The Kier molecular flexibility index (Phi) is 3.84. The molecule has 140 valence electrons. The zero-order valence-corrected chi connectivity index (χ0v) is 16.2. The van der Waals surface area contributed by atoms with E-state index in [0.29, 0.717) is 17.8 Å². The molecule has 3 heteroatoms. The first-order chi connectivity index (χ1) is 11.6. The van der Waals surface area contributed by atoms with Crippen molar-refractivity contribution in [3.63, 3.8) is 0 Å². The van der Waals surface area contributed by atoms with Crippen LogP contribution >= 0.6 is 0 Å². The lowest BCUT2D eigenvalue weighted by molar-refractivity contribution is -0.165. The summed E-state index contributed by atoms with van der Waals surface area (Å²) in [4.78, 5) is 12.4. The van der Waals surface area contributed by atoms with Crippen molar-refractivity contribution in [2.45, 2.75) is 84.3 Å². The summed E-state index contributed by atoms with van der Waals surface area (Å²) in [7, 11) is 0. The molecule has 0 saturated heterocycles. The Morgan fingerprint density at radius 3 is 2.60 bits per heavy atom. The van der Waals surface area contributed by atoms with E-state index in [1.807, 2.05) is 0 Å². The molecule has 3 saturated carbocycles. The van der Waals surface area contributed by atoms with E-state index in [1.54, 1.807) is 6.92 Å². The first-order valence-electron chi connectivity index (χ1n) is 10.3. The van der Waals surface area contributed by atoms with Gasteiger partial charge in [0.05, 0.1) is 6.10 Å². The Hall–Kier alpha value is -0.670. The number of carbonyl (C=O) groups is 1. The number of rotatable bonds is 1. The Morgan fingerprint density at radius 1 is 1.20 bits per heavy atom. The second kappa shape index (κ2) is 5.42. The molecule has 3 fully saturated rings. The van der Waals surface area contributed by atoms with Crippen molar-refractivity contribution in [1.29, 1.82) is 0 Å². The first-order valence-corrected chi connectivity index (χ1v) is 10.3. The molecule has 0 aromatic carbocycles. The van der Waals surface area contributed by atoms with Crippen molar-refractivity contribution in [3.8, 4) is 0 Å². The van der Waals surface area contributed by atoms with Crippen LogP contribution < -0.4 is 0 Å². The van der Waals surface area contributed by atoms with Crippen LogP contribution in [0.25, 0.3) is 0 Å². The maximum Gasteiger partial charge on any atom is 0.162 e. The summed E-state index contributed by atoms with van der Waals surface area (Å²) in [6.45, 7) is 8.26. The Bertz CT molecular complexity index is 625. The molecule has 0 radical (unpaired) electrons. The molecule has 4 aliphatic carbocycles. The van der Waals surface area contributed by atoms with Gasteiger partial charge in [0.1, 0.15) is 5.60 Å². The van der Waals surface area contributed by atoms with Gasteiger partial charge in [0.25, 0.3) is 0 Å². The fourth-order valence-electron chi connectivity index (χ4n) is 7.73. The predicted octanol–water partition coefficient (Wildman–Crippen LogP) is 3.88. The summed E-state index contributed by atoms with van der Waals surface area (Å²) < 4.78 is 0.